The smallest absolute Gasteiger partial charge is 0.429 e. The molecule has 0 N–H and O–H groups in total. The summed E-state index contributed by atoms with van der Waals surface area (Å²) < 4.78 is 9.55. The highest BCUT2D eigenvalue weighted by atomic mass is 35.5. The highest BCUT2D eigenvalue weighted by Crippen LogP contribution is 2.23. The van der Waals surface area contributed by atoms with Crippen LogP contribution in [0.25, 0.3) is 0 Å². The molecule has 1 heterocycles. The van der Waals surface area contributed by atoms with Crippen LogP contribution in [0.5, 0.6) is 0 Å². The minimum Gasteiger partial charge on any atom is -0.429 e. The average molecular weight is 245 g/mol. The van der Waals surface area contributed by atoms with E-state index in [1.165, 1.54) is 11.8 Å². The fourth-order valence-electron chi connectivity index (χ4n) is 1.16. The van der Waals surface area contributed by atoms with Gasteiger partial charge in [-0.05, 0) is 17.7 Å². The van der Waals surface area contributed by atoms with E-state index in [2.05, 4.69) is 4.74 Å². The number of cyclic esters (lactones) is 2. The highest BCUT2D eigenvalue weighted by Gasteiger charge is 2.24. The van der Waals surface area contributed by atoms with E-state index >= 15 is 0 Å². The van der Waals surface area contributed by atoms with Gasteiger partial charge >= 0.3 is 6.16 Å². The molecule has 1 atom stereocenters. The lowest BCUT2D eigenvalue weighted by Gasteiger charge is -2.05. The summed E-state index contributed by atoms with van der Waals surface area (Å²) in [6.07, 6.45) is -0.580. The summed E-state index contributed by atoms with van der Waals surface area (Å²) in [5.74, 6) is 0.776. The molecule has 1 aromatic rings. The van der Waals surface area contributed by atoms with Gasteiger partial charge in [-0.15, -0.1) is 11.8 Å². The summed E-state index contributed by atoms with van der Waals surface area (Å²) >= 11 is 7.30. The fraction of sp³-hybridized carbons (Fsp3) is 0.300. The second-order valence-electron chi connectivity index (χ2n) is 3.05. The van der Waals surface area contributed by atoms with Crippen LogP contribution in [-0.2, 0) is 15.2 Å². The van der Waals surface area contributed by atoms with Gasteiger partial charge in [-0.1, -0.05) is 23.7 Å². The van der Waals surface area contributed by atoms with Crippen molar-refractivity contribution in [1.82, 2.24) is 0 Å². The second-order valence-corrected chi connectivity index (χ2v) is 4.63. The number of rotatable bonds is 3. The number of hydrogen-bond donors (Lipinski definition) is 0. The van der Waals surface area contributed by atoms with Gasteiger partial charge in [0.2, 0.25) is 0 Å². The first-order chi connectivity index (χ1) is 7.24. The Bertz CT molecular complexity index is 352. The van der Waals surface area contributed by atoms with E-state index < -0.39 is 6.16 Å². The molecule has 3 nitrogen and oxygen atoms in total. The van der Waals surface area contributed by atoms with Gasteiger partial charge in [0.15, 0.2) is 5.44 Å². The zero-order valence-electron chi connectivity index (χ0n) is 7.81. The van der Waals surface area contributed by atoms with Crippen LogP contribution in [0.4, 0.5) is 4.79 Å². The van der Waals surface area contributed by atoms with E-state index in [-0.39, 0.29) is 5.44 Å². The molecule has 0 saturated carbocycles. The Hall–Kier alpha value is -0.870. The fourth-order valence-corrected chi connectivity index (χ4v) is 2.17. The van der Waals surface area contributed by atoms with Crippen molar-refractivity contribution in [2.45, 2.75) is 11.2 Å². The minimum absolute atomic E-state index is 0.187. The third-order valence-electron chi connectivity index (χ3n) is 1.91. The summed E-state index contributed by atoms with van der Waals surface area (Å²) in [4.78, 5) is 10.6. The average Bonchev–Trinajstić information content (AvgIpc) is 2.64. The summed E-state index contributed by atoms with van der Waals surface area (Å²) in [5.41, 5.74) is 0.959. The van der Waals surface area contributed by atoms with Crippen molar-refractivity contribution < 1.29 is 14.3 Å². The van der Waals surface area contributed by atoms with Crippen LogP contribution in [0.2, 0.25) is 5.02 Å². The molecule has 1 unspecified atom stereocenters. The Labute approximate surface area is 96.7 Å². The summed E-state index contributed by atoms with van der Waals surface area (Å²) in [7, 11) is 0. The molecule has 1 fully saturated rings. The minimum atomic E-state index is -0.580. The van der Waals surface area contributed by atoms with E-state index in [1.807, 2.05) is 24.3 Å². The molecular weight excluding hydrogens is 236 g/mol. The molecule has 0 amide bonds. The molecule has 0 aromatic heterocycles. The van der Waals surface area contributed by atoms with Gasteiger partial charge in [0.05, 0.1) is 0 Å². The number of carbonyl (C=O) groups is 1. The molecule has 5 heteroatoms. The van der Waals surface area contributed by atoms with Gasteiger partial charge in [0, 0.05) is 10.8 Å². The van der Waals surface area contributed by atoms with Crippen LogP contribution in [0, 0.1) is 0 Å². The monoisotopic (exact) mass is 244 g/mol. The summed E-state index contributed by atoms with van der Waals surface area (Å²) in [6.45, 7) is 0.330. The predicted molar refractivity (Wildman–Crippen MR) is 59.0 cm³/mol. The van der Waals surface area contributed by atoms with Crippen LogP contribution >= 0.6 is 23.4 Å². The van der Waals surface area contributed by atoms with Crippen molar-refractivity contribution in [1.29, 1.82) is 0 Å². The predicted octanol–water partition coefficient (Wildman–Crippen LogP) is 3.07. The second kappa shape index (κ2) is 4.77. The van der Waals surface area contributed by atoms with Gasteiger partial charge < -0.3 is 9.47 Å². The third kappa shape index (κ3) is 3.04. The van der Waals surface area contributed by atoms with Gasteiger partial charge in [0.25, 0.3) is 0 Å². The number of ether oxygens (including phenoxy) is 2. The van der Waals surface area contributed by atoms with Gasteiger partial charge in [-0.2, -0.15) is 0 Å². The van der Waals surface area contributed by atoms with Gasteiger partial charge in [-0.25, -0.2) is 4.79 Å². The van der Waals surface area contributed by atoms with Crippen LogP contribution in [0.3, 0.4) is 0 Å². The zero-order valence-corrected chi connectivity index (χ0v) is 9.38. The van der Waals surface area contributed by atoms with Crippen LogP contribution in [-0.4, -0.2) is 18.2 Å². The molecule has 15 heavy (non-hydrogen) atoms. The lowest BCUT2D eigenvalue weighted by atomic mass is 10.2. The van der Waals surface area contributed by atoms with Crippen molar-refractivity contribution in [2.24, 2.45) is 0 Å². The SMILES string of the molecule is O=C1OCC(SCc2ccc(Cl)cc2)O1. The topological polar surface area (TPSA) is 35.5 Å². The first-order valence-corrected chi connectivity index (χ1v) is 5.86. The highest BCUT2D eigenvalue weighted by molar-refractivity contribution is 7.99. The van der Waals surface area contributed by atoms with Crippen molar-refractivity contribution in [3.63, 3.8) is 0 Å². The first-order valence-electron chi connectivity index (χ1n) is 4.43. The Balaban J connectivity index is 1.83. The van der Waals surface area contributed by atoms with E-state index in [0.717, 1.165) is 16.3 Å². The normalized spacial score (nSPS) is 19.8. The van der Waals surface area contributed by atoms with E-state index in [4.69, 9.17) is 16.3 Å². The molecule has 0 bridgehead atoms. The molecule has 0 aliphatic carbocycles. The van der Waals surface area contributed by atoms with Crippen molar-refractivity contribution >= 4 is 29.5 Å². The zero-order chi connectivity index (χ0) is 10.7. The summed E-state index contributed by atoms with van der Waals surface area (Å²) in [6, 6.07) is 7.59. The molecule has 80 valence electrons. The molecule has 1 aliphatic heterocycles. The Morgan fingerprint density at radius 1 is 1.40 bits per heavy atom. The van der Waals surface area contributed by atoms with Crippen molar-refractivity contribution in [3.05, 3.63) is 34.9 Å². The van der Waals surface area contributed by atoms with Crippen LogP contribution in [0.15, 0.2) is 24.3 Å². The number of thioether (sulfide) groups is 1. The van der Waals surface area contributed by atoms with E-state index in [9.17, 15) is 4.79 Å². The molecule has 1 aliphatic rings. The standard InChI is InChI=1S/C10H9ClO3S/c11-8-3-1-7(2-4-8)6-15-9-5-13-10(12)14-9/h1-4,9H,5-6H2. The van der Waals surface area contributed by atoms with Gasteiger partial charge in [-0.3, -0.25) is 0 Å². The maximum absolute atomic E-state index is 10.6. The molecule has 0 radical (unpaired) electrons. The third-order valence-corrected chi connectivity index (χ3v) is 3.27. The largest absolute Gasteiger partial charge is 0.509 e. The molecule has 0 spiro atoms. The maximum atomic E-state index is 10.6. The molecule has 1 aromatic carbocycles. The molecular formula is C10H9ClO3S. The van der Waals surface area contributed by atoms with E-state index in [0.29, 0.717) is 6.61 Å². The van der Waals surface area contributed by atoms with Crippen molar-refractivity contribution in [3.8, 4) is 0 Å². The van der Waals surface area contributed by atoms with Crippen LogP contribution < -0.4 is 0 Å². The number of benzene rings is 1. The Morgan fingerprint density at radius 3 is 2.73 bits per heavy atom. The lowest BCUT2D eigenvalue weighted by molar-refractivity contribution is 0.129. The number of halogens is 1. The quantitative estimate of drug-likeness (QED) is 0.766. The number of carbonyl (C=O) groups excluding carboxylic acids is 1. The molecule has 2 rings (SSSR count). The first kappa shape index (κ1) is 10.6. The lowest BCUT2D eigenvalue weighted by Crippen LogP contribution is -2.04. The number of hydrogen-bond acceptors (Lipinski definition) is 4. The van der Waals surface area contributed by atoms with Gasteiger partial charge in [0.1, 0.15) is 6.61 Å². The Morgan fingerprint density at radius 2 is 2.13 bits per heavy atom. The Kier molecular flexibility index (Phi) is 3.38. The maximum Gasteiger partial charge on any atom is 0.509 e. The van der Waals surface area contributed by atoms with Crippen molar-refractivity contribution in [2.75, 3.05) is 6.61 Å². The van der Waals surface area contributed by atoms with Crippen LogP contribution in [0.1, 0.15) is 5.56 Å². The molecule has 1 saturated heterocycles. The van der Waals surface area contributed by atoms with E-state index in [1.54, 1.807) is 0 Å². The summed E-state index contributed by atoms with van der Waals surface area (Å²) in [5, 5.41) is 0.722.